The van der Waals surface area contributed by atoms with Crippen LogP contribution in [0.25, 0.3) is 0 Å². The Bertz CT molecular complexity index is 1090. The van der Waals surface area contributed by atoms with Crippen molar-refractivity contribution < 1.29 is 23.4 Å². The third-order valence-electron chi connectivity index (χ3n) is 5.77. The number of ether oxygens (including phenoxy) is 3. The van der Waals surface area contributed by atoms with E-state index in [1.165, 1.54) is 24.6 Å². The molecule has 3 rings (SSSR count). The summed E-state index contributed by atoms with van der Waals surface area (Å²) < 4.78 is 30.8. The molecule has 0 heterocycles. The monoisotopic (exact) mass is 479 g/mol. The maximum absolute atomic E-state index is 14.4. The van der Waals surface area contributed by atoms with Crippen molar-refractivity contribution >= 4 is 11.6 Å². The van der Waals surface area contributed by atoms with Gasteiger partial charge in [-0.05, 0) is 66.6 Å². The molecule has 35 heavy (non-hydrogen) atoms. The van der Waals surface area contributed by atoms with Gasteiger partial charge < -0.3 is 19.1 Å². The molecule has 0 N–H and O–H groups in total. The Morgan fingerprint density at radius 3 is 2.26 bits per heavy atom. The molecule has 186 valence electrons. The van der Waals surface area contributed by atoms with Crippen molar-refractivity contribution in [3.63, 3.8) is 0 Å². The molecule has 0 aliphatic carbocycles. The lowest BCUT2D eigenvalue weighted by Gasteiger charge is -2.25. The van der Waals surface area contributed by atoms with Crippen molar-refractivity contribution in [2.75, 3.05) is 32.3 Å². The topological polar surface area (TPSA) is 48.0 Å². The number of nitrogens with zero attached hydrogens (tertiary/aromatic N) is 1. The SMILES string of the molecule is COCCCc1ccc(CCCOC)c(CN(C(C)=O)c2cc(F)ccc2Oc2ccccc2)c1. The molecular formula is C29H34FNO4. The van der Waals surface area contributed by atoms with Gasteiger partial charge in [0.05, 0.1) is 12.2 Å². The number of halogens is 1. The second-order valence-corrected chi connectivity index (χ2v) is 8.43. The minimum absolute atomic E-state index is 0.193. The van der Waals surface area contributed by atoms with Crippen LogP contribution in [0.2, 0.25) is 0 Å². The molecule has 0 fully saturated rings. The van der Waals surface area contributed by atoms with Crippen LogP contribution in [0.15, 0.2) is 66.7 Å². The highest BCUT2D eigenvalue weighted by Crippen LogP contribution is 2.34. The first-order valence-corrected chi connectivity index (χ1v) is 11.9. The second-order valence-electron chi connectivity index (χ2n) is 8.43. The fourth-order valence-corrected chi connectivity index (χ4v) is 3.99. The molecular weight excluding hydrogens is 445 g/mol. The van der Waals surface area contributed by atoms with Crippen LogP contribution in [-0.2, 0) is 33.7 Å². The molecule has 3 aromatic rings. The summed E-state index contributed by atoms with van der Waals surface area (Å²) in [5, 5.41) is 0. The zero-order valence-corrected chi connectivity index (χ0v) is 20.8. The van der Waals surface area contributed by atoms with E-state index in [0.29, 0.717) is 36.9 Å². The van der Waals surface area contributed by atoms with Gasteiger partial charge in [-0.3, -0.25) is 4.79 Å². The molecule has 0 aliphatic rings. The summed E-state index contributed by atoms with van der Waals surface area (Å²) in [7, 11) is 3.39. The van der Waals surface area contributed by atoms with Gasteiger partial charge in [0.2, 0.25) is 5.91 Å². The lowest BCUT2D eigenvalue weighted by atomic mass is 9.97. The number of aryl methyl sites for hydroxylation is 2. The summed E-state index contributed by atoms with van der Waals surface area (Å²) in [5.74, 6) is 0.413. The number of benzene rings is 3. The van der Waals surface area contributed by atoms with Crippen LogP contribution in [-0.4, -0.2) is 33.3 Å². The van der Waals surface area contributed by atoms with Crippen LogP contribution in [0.5, 0.6) is 11.5 Å². The van der Waals surface area contributed by atoms with E-state index in [2.05, 4.69) is 18.2 Å². The Hall–Kier alpha value is -3.22. The van der Waals surface area contributed by atoms with Gasteiger partial charge in [0, 0.05) is 40.4 Å². The summed E-state index contributed by atoms with van der Waals surface area (Å²) in [6, 6.07) is 19.9. The fourth-order valence-electron chi connectivity index (χ4n) is 3.99. The van der Waals surface area contributed by atoms with E-state index in [0.717, 1.165) is 36.8 Å². The Morgan fingerprint density at radius 1 is 0.857 bits per heavy atom. The zero-order chi connectivity index (χ0) is 25.0. The van der Waals surface area contributed by atoms with Gasteiger partial charge in [0.1, 0.15) is 11.6 Å². The van der Waals surface area contributed by atoms with Gasteiger partial charge in [-0.2, -0.15) is 0 Å². The lowest BCUT2D eigenvalue weighted by molar-refractivity contribution is -0.116. The van der Waals surface area contributed by atoms with Gasteiger partial charge in [-0.1, -0.05) is 36.4 Å². The predicted octanol–water partition coefficient (Wildman–Crippen LogP) is 6.33. The first kappa shape index (κ1) is 26.4. The van der Waals surface area contributed by atoms with Gasteiger partial charge >= 0.3 is 0 Å². The van der Waals surface area contributed by atoms with Crippen LogP contribution < -0.4 is 9.64 Å². The fraction of sp³-hybridized carbons (Fsp3) is 0.345. The minimum atomic E-state index is -0.430. The molecule has 5 nitrogen and oxygen atoms in total. The highest BCUT2D eigenvalue weighted by atomic mass is 19.1. The smallest absolute Gasteiger partial charge is 0.224 e. The van der Waals surface area contributed by atoms with Gasteiger partial charge in [-0.25, -0.2) is 4.39 Å². The number of anilines is 1. The second kappa shape index (κ2) is 13.6. The van der Waals surface area contributed by atoms with E-state index in [1.807, 2.05) is 30.3 Å². The van der Waals surface area contributed by atoms with E-state index in [1.54, 1.807) is 25.2 Å². The lowest BCUT2D eigenvalue weighted by Crippen LogP contribution is -2.29. The Labute approximate surface area is 207 Å². The van der Waals surface area contributed by atoms with E-state index in [-0.39, 0.29) is 5.91 Å². The number of hydrogen-bond donors (Lipinski definition) is 0. The number of amides is 1. The van der Waals surface area contributed by atoms with Crippen molar-refractivity contribution in [3.05, 3.63) is 89.2 Å². The quantitative estimate of drug-likeness (QED) is 0.269. The van der Waals surface area contributed by atoms with Crippen LogP contribution in [0.3, 0.4) is 0 Å². The molecule has 0 aromatic heterocycles. The van der Waals surface area contributed by atoms with E-state index in [9.17, 15) is 9.18 Å². The van der Waals surface area contributed by atoms with E-state index < -0.39 is 5.82 Å². The van der Waals surface area contributed by atoms with Gasteiger partial charge in [0.25, 0.3) is 0 Å². The molecule has 3 aromatic carbocycles. The normalized spacial score (nSPS) is 10.9. The van der Waals surface area contributed by atoms with Crippen molar-refractivity contribution in [1.82, 2.24) is 0 Å². The van der Waals surface area contributed by atoms with Crippen molar-refractivity contribution in [1.29, 1.82) is 0 Å². The summed E-state index contributed by atoms with van der Waals surface area (Å²) in [5.41, 5.74) is 3.75. The molecule has 6 heteroatoms. The third kappa shape index (κ3) is 7.91. The summed E-state index contributed by atoms with van der Waals surface area (Å²) in [6.45, 7) is 3.15. The standard InChI is InChI=1S/C29H34FNO4/c1-22(32)31(28-20-26(30)15-16-29(28)35-27-11-5-4-6-12-27)21-25-19-23(9-7-17-33-2)13-14-24(25)10-8-18-34-3/h4-6,11-16,19-20H,7-10,17-18,21H2,1-3H3. The molecule has 0 radical (unpaired) electrons. The zero-order valence-electron chi connectivity index (χ0n) is 20.8. The van der Waals surface area contributed by atoms with E-state index in [4.69, 9.17) is 14.2 Å². The third-order valence-corrected chi connectivity index (χ3v) is 5.77. The molecule has 0 spiro atoms. The van der Waals surface area contributed by atoms with E-state index >= 15 is 0 Å². The number of carbonyl (C=O) groups excluding carboxylic acids is 1. The maximum atomic E-state index is 14.4. The molecule has 0 saturated heterocycles. The van der Waals surface area contributed by atoms with Gasteiger partial charge in [0.15, 0.2) is 5.75 Å². The highest BCUT2D eigenvalue weighted by Gasteiger charge is 2.20. The number of carbonyl (C=O) groups is 1. The highest BCUT2D eigenvalue weighted by molar-refractivity contribution is 5.93. The van der Waals surface area contributed by atoms with Crippen molar-refractivity contribution in [2.45, 2.75) is 39.2 Å². The van der Waals surface area contributed by atoms with Crippen molar-refractivity contribution in [2.24, 2.45) is 0 Å². The Balaban J connectivity index is 1.95. The van der Waals surface area contributed by atoms with Crippen LogP contribution in [0, 0.1) is 5.82 Å². The molecule has 0 aliphatic heterocycles. The summed E-state index contributed by atoms with van der Waals surface area (Å²) in [6.07, 6.45) is 3.48. The number of para-hydroxylation sites is 1. The van der Waals surface area contributed by atoms with Crippen LogP contribution >= 0.6 is 0 Å². The average molecular weight is 480 g/mol. The Kier molecular flexibility index (Phi) is 10.3. The molecule has 0 bridgehead atoms. The van der Waals surface area contributed by atoms with Gasteiger partial charge in [-0.15, -0.1) is 0 Å². The maximum Gasteiger partial charge on any atom is 0.224 e. The average Bonchev–Trinajstić information content (AvgIpc) is 2.85. The molecule has 1 amide bonds. The summed E-state index contributed by atoms with van der Waals surface area (Å²) in [4.78, 5) is 14.4. The largest absolute Gasteiger partial charge is 0.455 e. The predicted molar refractivity (Wildman–Crippen MR) is 137 cm³/mol. The molecule has 0 saturated carbocycles. The summed E-state index contributed by atoms with van der Waals surface area (Å²) >= 11 is 0. The van der Waals surface area contributed by atoms with Crippen LogP contribution in [0.4, 0.5) is 10.1 Å². The minimum Gasteiger partial charge on any atom is -0.455 e. The first-order valence-electron chi connectivity index (χ1n) is 11.9. The van der Waals surface area contributed by atoms with Crippen molar-refractivity contribution in [3.8, 4) is 11.5 Å². The molecule has 0 atom stereocenters. The molecule has 0 unspecified atom stereocenters. The Morgan fingerprint density at radius 2 is 1.57 bits per heavy atom. The number of rotatable bonds is 13. The number of methoxy groups -OCH3 is 2. The number of hydrogen-bond acceptors (Lipinski definition) is 4. The first-order chi connectivity index (χ1) is 17.0. The van der Waals surface area contributed by atoms with Crippen LogP contribution in [0.1, 0.15) is 36.5 Å².